The monoisotopic (exact) mass is 291 g/mol. The average molecular weight is 291 g/mol. The predicted octanol–water partition coefficient (Wildman–Crippen LogP) is 2.88. The zero-order valence-electron chi connectivity index (χ0n) is 13.3. The highest BCUT2D eigenvalue weighted by Crippen LogP contribution is 2.23. The second-order valence-corrected chi connectivity index (χ2v) is 6.57. The van der Waals surface area contributed by atoms with Crippen molar-refractivity contribution in [2.75, 3.05) is 18.0 Å². The molecule has 0 aromatic carbocycles. The Bertz CT molecular complexity index is 479. The summed E-state index contributed by atoms with van der Waals surface area (Å²) in [5, 5.41) is 2.86. The highest BCUT2D eigenvalue weighted by Gasteiger charge is 2.26. The van der Waals surface area contributed by atoms with Gasteiger partial charge < -0.3 is 15.0 Å². The quantitative estimate of drug-likeness (QED) is 0.930. The van der Waals surface area contributed by atoms with E-state index < -0.39 is 5.60 Å². The van der Waals surface area contributed by atoms with E-state index in [0.29, 0.717) is 6.54 Å². The van der Waals surface area contributed by atoms with E-state index in [1.165, 1.54) is 0 Å². The second kappa shape index (κ2) is 6.33. The van der Waals surface area contributed by atoms with Crippen LogP contribution in [0.25, 0.3) is 0 Å². The minimum Gasteiger partial charge on any atom is -0.444 e. The van der Waals surface area contributed by atoms with Crippen molar-refractivity contribution < 1.29 is 9.53 Å². The first-order chi connectivity index (χ1) is 9.85. The van der Waals surface area contributed by atoms with E-state index in [9.17, 15) is 4.79 Å². The zero-order valence-corrected chi connectivity index (χ0v) is 13.3. The zero-order chi connectivity index (χ0) is 15.5. The topological polar surface area (TPSA) is 54.5 Å². The van der Waals surface area contributed by atoms with Crippen LogP contribution in [0.3, 0.4) is 0 Å². The van der Waals surface area contributed by atoms with Gasteiger partial charge in [0.2, 0.25) is 0 Å². The van der Waals surface area contributed by atoms with Crippen LogP contribution in [0.4, 0.5) is 10.6 Å². The molecule has 1 saturated heterocycles. The van der Waals surface area contributed by atoms with E-state index in [4.69, 9.17) is 4.74 Å². The lowest BCUT2D eigenvalue weighted by atomic mass is 10.2. The number of anilines is 1. The van der Waals surface area contributed by atoms with E-state index in [1.54, 1.807) is 0 Å². The third-order valence-electron chi connectivity index (χ3n) is 3.45. The summed E-state index contributed by atoms with van der Waals surface area (Å²) in [5.41, 5.74) is 0.694. The highest BCUT2D eigenvalue weighted by atomic mass is 16.6. The molecule has 1 atom stereocenters. The number of carbonyl (C=O) groups excluding carboxylic acids is 1. The first-order valence-electron chi connectivity index (χ1n) is 7.51. The Morgan fingerprint density at radius 2 is 2.24 bits per heavy atom. The lowest BCUT2D eigenvalue weighted by Crippen LogP contribution is -2.42. The predicted molar refractivity (Wildman–Crippen MR) is 83.6 cm³/mol. The van der Waals surface area contributed by atoms with Crippen LogP contribution in [-0.4, -0.2) is 35.8 Å². The summed E-state index contributed by atoms with van der Waals surface area (Å²) in [7, 11) is 0. The SMILES string of the molecule is Cc1ccc(N2CCCC2CNC(=O)OC(C)(C)C)nc1. The molecule has 0 spiro atoms. The lowest BCUT2D eigenvalue weighted by Gasteiger charge is -2.27. The summed E-state index contributed by atoms with van der Waals surface area (Å²) in [6.07, 6.45) is 3.71. The molecule has 0 aliphatic carbocycles. The van der Waals surface area contributed by atoms with E-state index in [2.05, 4.69) is 21.3 Å². The summed E-state index contributed by atoms with van der Waals surface area (Å²) in [6, 6.07) is 4.40. The fraction of sp³-hybridized carbons (Fsp3) is 0.625. The summed E-state index contributed by atoms with van der Waals surface area (Å²) >= 11 is 0. The van der Waals surface area contributed by atoms with Crippen LogP contribution in [0.5, 0.6) is 0 Å². The van der Waals surface area contributed by atoms with Gasteiger partial charge in [0.15, 0.2) is 0 Å². The summed E-state index contributed by atoms with van der Waals surface area (Å²) in [6.45, 7) is 9.20. The number of nitrogens with one attached hydrogen (secondary N) is 1. The number of pyridine rings is 1. The molecule has 5 heteroatoms. The Hall–Kier alpha value is -1.78. The number of hydrogen-bond donors (Lipinski definition) is 1. The van der Waals surface area contributed by atoms with E-state index in [-0.39, 0.29) is 12.1 Å². The average Bonchev–Trinajstić information content (AvgIpc) is 2.83. The Balaban J connectivity index is 1.90. The molecule has 0 saturated carbocycles. The van der Waals surface area contributed by atoms with Gasteiger partial charge in [-0.1, -0.05) is 6.07 Å². The summed E-state index contributed by atoms with van der Waals surface area (Å²) in [4.78, 5) is 18.5. The molecule has 1 aliphatic heterocycles. The molecule has 5 nitrogen and oxygen atoms in total. The molecular weight excluding hydrogens is 266 g/mol. The Morgan fingerprint density at radius 1 is 1.48 bits per heavy atom. The van der Waals surface area contributed by atoms with Gasteiger partial charge in [0.05, 0.1) is 0 Å². The van der Waals surface area contributed by atoms with Crippen LogP contribution in [-0.2, 0) is 4.74 Å². The van der Waals surface area contributed by atoms with Gasteiger partial charge >= 0.3 is 6.09 Å². The van der Waals surface area contributed by atoms with Gasteiger partial charge in [0.1, 0.15) is 11.4 Å². The van der Waals surface area contributed by atoms with Crippen molar-refractivity contribution in [2.24, 2.45) is 0 Å². The fourth-order valence-corrected chi connectivity index (χ4v) is 2.49. The van der Waals surface area contributed by atoms with Crippen LogP contribution >= 0.6 is 0 Å². The minimum absolute atomic E-state index is 0.285. The van der Waals surface area contributed by atoms with Crippen LogP contribution in [0.15, 0.2) is 18.3 Å². The molecule has 2 heterocycles. The van der Waals surface area contributed by atoms with Crippen LogP contribution < -0.4 is 10.2 Å². The van der Waals surface area contributed by atoms with Crippen molar-refractivity contribution in [1.82, 2.24) is 10.3 Å². The normalized spacial score (nSPS) is 18.7. The molecule has 0 bridgehead atoms. The maximum absolute atomic E-state index is 11.7. The number of aromatic nitrogens is 1. The molecule has 1 aromatic rings. The van der Waals surface area contributed by atoms with Crippen molar-refractivity contribution in [3.8, 4) is 0 Å². The number of aryl methyl sites for hydroxylation is 1. The maximum atomic E-state index is 11.7. The molecule has 1 aliphatic rings. The number of amides is 1. The highest BCUT2D eigenvalue weighted by molar-refractivity contribution is 5.67. The maximum Gasteiger partial charge on any atom is 0.407 e. The summed E-state index contributed by atoms with van der Waals surface area (Å²) < 4.78 is 5.27. The number of ether oxygens (including phenoxy) is 1. The Kier molecular flexibility index (Phi) is 4.70. The van der Waals surface area contributed by atoms with Gasteiger partial charge in [-0.2, -0.15) is 0 Å². The standard InChI is InChI=1S/C16H25N3O2/c1-12-7-8-14(17-10-12)19-9-5-6-13(19)11-18-15(20)21-16(2,3)4/h7-8,10,13H,5-6,9,11H2,1-4H3,(H,18,20). The van der Waals surface area contributed by atoms with Gasteiger partial charge in [0.25, 0.3) is 0 Å². The molecule has 1 aromatic heterocycles. The van der Waals surface area contributed by atoms with E-state index in [1.807, 2.05) is 40.0 Å². The van der Waals surface area contributed by atoms with E-state index in [0.717, 1.165) is 30.8 Å². The van der Waals surface area contributed by atoms with Crippen LogP contribution in [0, 0.1) is 6.92 Å². The number of hydrogen-bond acceptors (Lipinski definition) is 4. The molecule has 2 rings (SSSR count). The Labute approximate surface area is 126 Å². The molecular formula is C16H25N3O2. The number of rotatable bonds is 3. The van der Waals surface area contributed by atoms with Gasteiger partial charge in [0, 0.05) is 25.3 Å². The Morgan fingerprint density at radius 3 is 2.86 bits per heavy atom. The smallest absolute Gasteiger partial charge is 0.407 e. The molecule has 1 unspecified atom stereocenters. The minimum atomic E-state index is -0.460. The van der Waals surface area contributed by atoms with Crippen molar-refractivity contribution >= 4 is 11.9 Å². The molecule has 21 heavy (non-hydrogen) atoms. The number of alkyl carbamates (subject to hydrolysis) is 1. The molecule has 1 fully saturated rings. The first kappa shape index (κ1) is 15.6. The summed E-state index contributed by atoms with van der Waals surface area (Å²) in [5.74, 6) is 0.981. The number of carbonyl (C=O) groups is 1. The first-order valence-corrected chi connectivity index (χ1v) is 7.51. The van der Waals surface area contributed by atoms with Gasteiger partial charge in [-0.05, 0) is 52.2 Å². The van der Waals surface area contributed by atoms with E-state index >= 15 is 0 Å². The van der Waals surface area contributed by atoms with Crippen molar-refractivity contribution in [2.45, 2.75) is 52.2 Å². The van der Waals surface area contributed by atoms with Gasteiger partial charge in [-0.3, -0.25) is 0 Å². The third-order valence-corrected chi connectivity index (χ3v) is 3.45. The van der Waals surface area contributed by atoms with Crippen LogP contribution in [0.2, 0.25) is 0 Å². The van der Waals surface area contributed by atoms with Crippen molar-refractivity contribution in [1.29, 1.82) is 0 Å². The molecule has 116 valence electrons. The third kappa shape index (κ3) is 4.62. The fourth-order valence-electron chi connectivity index (χ4n) is 2.49. The largest absolute Gasteiger partial charge is 0.444 e. The van der Waals surface area contributed by atoms with Gasteiger partial charge in [-0.25, -0.2) is 9.78 Å². The van der Waals surface area contributed by atoms with Crippen molar-refractivity contribution in [3.63, 3.8) is 0 Å². The second-order valence-electron chi connectivity index (χ2n) is 6.57. The molecule has 1 amide bonds. The molecule has 0 radical (unpaired) electrons. The lowest BCUT2D eigenvalue weighted by molar-refractivity contribution is 0.0525. The van der Waals surface area contributed by atoms with Crippen LogP contribution in [0.1, 0.15) is 39.2 Å². The van der Waals surface area contributed by atoms with Crippen molar-refractivity contribution in [3.05, 3.63) is 23.9 Å². The van der Waals surface area contributed by atoms with Gasteiger partial charge in [-0.15, -0.1) is 0 Å². The molecule has 1 N–H and O–H groups in total. The number of nitrogens with zero attached hydrogens (tertiary/aromatic N) is 2.